The molecular formula is C28H22N4O3. The average molecular weight is 463 g/mol. The SMILES string of the molecule is O=C(NCc1ccccn1)c1ccn2c1Cc1c([nH]c3ccccc13)C2c1ccc2c(c1)OCO2. The molecule has 1 unspecified atom stereocenters. The van der Waals surface area contributed by atoms with Crippen molar-refractivity contribution in [2.75, 3.05) is 6.79 Å². The fourth-order valence-corrected chi connectivity index (χ4v) is 5.25. The number of hydrogen-bond acceptors (Lipinski definition) is 4. The second-order valence-electron chi connectivity index (χ2n) is 8.84. The molecule has 0 saturated carbocycles. The molecule has 0 radical (unpaired) electrons. The van der Waals surface area contributed by atoms with Crippen molar-refractivity contribution in [3.05, 3.63) is 113 Å². The second kappa shape index (κ2) is 7.77. The third-order valence-electron chi connectivity index (χ3n) is 6.88. The summed E-state index contributed by atoms with van der Waals surface area (Å²) in [6, 6.07) is 21.9. The number of pyridine rings is 1. The van der Waals surface area contributed by atoms with Crippen LogP contribution in [0.4, 0.5) is 0 Å². The molecule has 2 aliphatic heterocycles. The first-order valence-corrected chi connectivity index (χ1v) is 11.6. The van der Waals surface area contributed by atoms with Crippen molar-refractivity contribution in [2.24, 2.45) is 0 Å². The van der Waals surface area contributed by atoms with Gasteiger partial charge in [-0.15, -0.1) is 0 Å². The van der Waals surface area contributed by atoms with E-state index in [9.17, 15) is 4.79 Å². The fraction of sp³-hybridized carbons (Fsp3) is 0.143. The number of fused-ring (bicyclic) bond motifs is 5. The Morgan fingerprint density at radius 1 is 1.06 bits per heavy atom. The summed E-state index contributed by atoms with van der Waals surface area (Å²) in [7, 11) is 0. The molecule has 0 fully saturated rings. The van der Waals surface area contributed by atoms with Gasteiger partial charge in [0.2, 0.25) is 6.79 Å². The number of aromatic nitrogens is 3. The number of carbonyl (C=O) groups is 1. The number of benzene rings is 2. The van der Waals surface area contributed by atoms with Crippen LogP contribution < -0.4 is 14.8 Å². The van der Waals surface area contributed by atoms with Gasteiger partial charge in [0.15, 0.2) is 11.5 Å². The van der Waals surface area contributed by atoms with Crippen LogP contribution >= 0.6 is 0 Å². The van der Waals surface area contributed by atoms with Gasteiger partial charge in [0, 0.05) is 41.1 Å². The average Bonchev–Trinajstić information content (AvgIpc) is 3.63. The molecule has 0 spiro atoms. The van der Waals surface area contributed by atoms with Crippen molar-refractivity contribution < 1.29 is 14.3 Å². The minimum absolute atomic E-state index is 0.0999. The van der Waals surface area contributed by atoms with Crippen LogP contribution in [-0.4, -0.2) is 27.2 Å². The van der Waals surface area contributed by atoms with Gasteiger partial charge in [0.25, 0.3) is 5.91 Å². The molecule has 2 aliphatic rings. The largest absolute Gasteiger partial charge is 0.454 e. The number of amides is 1. The number of para-hydroxylation sites is 1. The lowest BCUT2D eigenvalue weighted by atomic mass is 9.92. The summed E-state index contributed by atoms with van der Waals surface area (Å²) in [6.07, 6.45) is 4.41. The van der Waals surface area contributed by atoms with E-state index in [1.807, 2.05) is 48.7 Å². The van der Waals surface area contributed by atoms with Gasteiger partial charge in [0.05, 0.1) is 23.8 Å². The van der Waals surface area contributed by atoms with Gasteiger partial charge >= 0.3 is 0 Å². The zero-order chi connectivity index (χ0) is 23.4. The first-order chi connectivity index (χ1) is 17.3. The molecule has 7 nitrogen and oxygen atoms in total. The maximum atomic E-state index is 13.3. The van der Waals surface area contributed by atoms with Crippen LogP contribution in [0.3, 0.4) is 0 Å². The minimum atomic E-state index is -0.118. The van der Waals surface area contributed by atoms with Crippen LogP contribution in [0.2, 0.25) is 0 Å². The molecule has 1 atom stereocenters. The first-order valence-electron chi connectivity index (χ1n) is 11.6. The number of ether oxygens (including phenoxy) is 2. The molecule has 5 aromatic rings. The molecule has 2 aromatic carbocycles. The van der Waals surface area contributed by atoms with Gasteiger partial charge in [-0.2, -0.15) is 0 Å². The molecule has 1 amide bonds. The van der Waals surface area contributed by atoms with Crippen molar-refractivity contribution in [1.82, 2.24) is 19.9 Å². The first kappa shape index (κ1) is 19.9. The summed E-state index contributed by atoms with van der Waals surface area (Å²) in [5.74, 6) is 1.40. The van der Waals surface area contributed by atoms with Gasteiger partial charge in [-0.3, -0.25) is 9.78 Å². The van der Waals surface area contributed by atoms with Gasteiger partial charge in [-0.05, 0) is 47.5 Å². The summed E-state index contributed by atoms with van der Waals surface area (Å²) >= 11 is 0. The number of hydrogen-bond donors (Lipinski definition) is 2. The number of carbonyl (C=O) groups excluding carboxylic acids is 1. The van der Waals surface area contributed by atoms with Crippen LogP contribution in [0.15, 0.2) is 79.1 Å². The summed E-state index contributed by atoms with van der Waals surface area (Å²) in [6.45, 7) is 0.616. The van der Waals surface area contributed by atoms with E-state index in [0.717, 1.165) is 39.7 Å². The molecule has 0 aliphatic carbocycles. The van der Waals surface area contributed by atoms with Crippen LogP contribution in [0.1, 0.15) is 44.6 Å². The minimum Gasteiger partial charge on any atom is -0.454 e. The Labute approximate surface area is 201 Å². The Bertz CT molecular complexity index is 1580. The lowest BCUT2D eigenvalue weighted by Gasteiger charge is -2.28. The van der Waals surface area contributed by atoms with Gasteiger partial charge in [-0.1, -0.05) is 30.3 Å². The maximum Gasteiger partial charge on any atom is 0.253 e. The van der Waals surface area contributed by atoms with Crippen molar-refractivity contribution in [3.8, 4) is 11.5 Å². The summed E-state index contributed by atoms with van der Waals surface area (Å²) in [4.78, 5) is 21.2. The number of rotatable bonds is 4. The fourth-order valence-electron chi connectivity index (χ4n) is 5.25. The predicted octanol–water partition coefficient (Wildman–Crippen LogP) is 4.57. The van der Waals surface area contributed by atoms with E-state index in [2.05, 4.69) is 44.1 Å². The molecule has 7 heteroatoms. The van der Waals surface area contributed by atoms with E-state index >= 15 is 0 Å². The Morgan fingerprint density at radius 3 is 2.86 bits per heavy atom. The molecule has 35 heavy (non-hydrogen) atoms. The summed E-state index contributed by atoms with van der Waals surface area (Å²) in [5.41, 5.74) is 7.01. The number of aromatic amines is 1. The highest BCUT2D eigenvalue weighted by atomic mass is 16.7. The van der Waals surface area contributed by atoms with E-state index in [-0.39, 0.29) is 18.7 Å². The molecule has 0 bridgehead atoms. The highest BCUT2D eigenvalue weighted by Crippen LogP contribution is 2.43. The van der Waals surface area contributed by atoms with Crippen molar-refractivity contribution in [2.45, 2.75) is 19.0 Å². The third-order valence-corrected chi connectivity index (χ3v) is 6.88. The van der Waals surface area contributed by atoms with E-state index in [1.54, 1.807) is 6.20 Å². The van der Waals surface area contributed by atoms with Gasteiger partial charge < -0.3 is 24.3 Å². The Morgan fingerprint density at radius 2 is 1.94 bits per heavy atom. The highest BCUT2D eigenvalue weighted by molar-refractivity contribution is 5.96. The molecule has 2 N–H and O–H groups in total. The van der Waals surface area contributed by atoms with Crippen LogP contribution in [0.25, 0.3) is 10.9 Å². The monoisotopic (exact) mass is 462 g/mol. The molecule has 3 aromatic heterocycles. The van der Waals surface area contributed by atoms with E-state index in [1.165, 1.54) is 10.9 Å². The van der Waals surface area contributed by atoms with Crippen LogP contribution in [0, 0.1) is 0 Å². The molecule has 172 valence electrons. The topological polar surface area (TPSA) is 81.2 Å². The quantitative estimate of drug-likeness (QED) is 0.402. The number of H-pyrrole nitrogens is 1. The lowest BCUT2D eigenvalue weighted by Crippen LogP contribution is -2.27. The Hall–Kier alpha value is -4.52. The predicted molar refractivity (Wildman–Crippen MR) is 131 cm³/mol. The van der Waals surface area contributed by atoms with E-state index < -0.39 is 0 Å². The standard InChI is InChI=1S/C28H22N4O3/c33-28(30-15-18-5-3-4-11-29-18)20-10-12-32-23(20)14-21-19-6-1-2-7-22(19)31-26(21)27(32)17-8-9-24-25(13-17)35-16-34-24/h1-13,27,31H,14-16H2,(H,30,33). The van der Waals surface area contributed by atoms with Crippen molar-refractivity contribution >= 4 is 16.8 Å². The Kier molecular flexibility index (Phi) is 4.42. The van der Waals surface area contributed by atoms with Crippen molar-refractivity contribution in [1.29, 1.82) is 0 Å². The number of nitrogens with zero attached hydrogens (tertiary/aromatic N) is 2. The van der Waals surface area contributed by atoms with Gasteiger partial charge in [-0.25, -0.2) is 0 Å². The normalized spacial score (nSPS) is 15.6. The smallest absolute Gasteiger partial charge is 0.253 e. The third kappa shape index (κ3) is 3.19. The summed E-state index contributed by atoms with van der Waals surface area (Å²) < 4.78 is 13.4. The summed E-state index contributed by atoms with van der Waals surface area (Å²) in [5, 5.41) is 4.22. The maximum absolute atomic E-state index is 13.3. The molecule has 7 rings (SSSR count). The zero-order valence-electron chi connectivity index (χ0n) is 18.8. The second-order valence-corrected chi connectivity index (χ2v) is 8.84. The van der Waals surface area contributed by atoms with E-state index in [4.69, 9.17) is 9.47 Å². The molecule has 5 heterocycles. The number of nitrogens with one attached hydrogen (secondary N) is 2. The lowest BCUT2D eigenvalue weighted by molar-refractivity contribution is 0.0949. The highest BCUT2D eigenvalue weighted by Gasteiger charge is 2.33. The van der Waals surface area contributed by atoms with Crippen LogP contribution in [0.5, 0.6) is 11.5 Å². The molecule has 0 saturated heterocycles. The van der Waals surface area contributed by atoms with Crippen LogP contribution in [-0.2, 0) is 13.0 Å². The Balaban J connectivity index is 1.32. The van der Waals surface area contributed by atoms with Crippen molar-refractivity contribution in [3.63, 3.8) is 0 Å². The zero-order valence-corrected chi connectivity index (χ0v) is 18.8. The van der Waals surface area contributed by atoms with Gasteiger partial charge in [0.1, 0.15) is 0 Å². The van der Waals surface area contributed by atoms with E-state index in [0.29, 0.717) is 18.5 Å². The molecular weight excluding hydrogens is 440 g/mol.